The fourth-order valence-electron chi connectivity index (χ4n) is 4.07. The smallest absolute Gasteiger partial charge is 0.376 e. The number of rotatable bonds is 4. The Morgan fingerprint density at radius 2 is 2.10 bits per heavy atom. The number of likely N-dealkylation sites (tertiary alicyclic amines) is 1. The van der Waals surface area contributed by atoms with Crippen molar-refractivity contribution in [1.29, 1.82) is 0 Å². The molecular formula is C18H21F3N6O2. The highest BCUT2D eigenvalue weighted by molar-refractivity contribution is 5.76. The van der Waals surface area contributed by atoms with Crippen LogP contribution in [0.5, 0.6) is 0 Å². The minimum Gasteiger partial charge on any atom is -0.376 e. The third-order valence-electron chi connectivity index (χ3n) is 5.50. The number of hydrogen-bond acceptors (Lipinski definition) is 4. The van der Waals surface area contributed by atoms with Gasteiger partial charge in [-0.05, 0) is 12.0 Å². The van der Waals surface area contributed by atoms with E-state index in [4.69, 9.17) is 0 Å². The first-order valence-electron chi connectivity index (χ1n) is 9.34. The van der Waals surface area contributed by atoms with E-state index in [9.17, 15) is 23.1 Å². The molecule has 1 aliphatic rings. The van der Waals surface area contributed by atoms with Gasteiger partial charge in [0.2, 0.25) is 0 Å². The van der Waals surface area contributed by atoms with Gasteiger partial charge >= 0.3 is 12.2 Å². The molecule has 3 aromatic rings. The zero-order valence-corrected chi connectivity index (χ0v) is 15.7. The second-order valence-electron chi connectivity index (χ2n) is 7.22. The van der Waals surface area contributed by atoms with Gasteiger partial charge in [-0.3, -0.25) is 4.40 Å². The first kappa shape index (κ1) is 19.5. The Hall–Kier alpha value is -2.82. The van der Waals surface area contributed by atoms with E-state index < -0.39 is 18.8 Å². The number of alkyl halides is 3. The number of urea groups is 1. The molecule has 1 aliphatic heterocycles. The second kappa shape index (κ2) is 7.21. The lowest BCUT2D eigenvalue weighted by molar-refractivity contribution is -0.123. The minimum atomic E-state index is -4.45. The number of imidazole rings is 1. The Labute approximate surface area is 163 Å². The maximum Gasteiger partial charge on any atom is 0.405 e. The van der Waals surface area contributed by atoms with Gasteiger partial charge in [-0.1, -0.05) is 13.3 Å². The summed E-state index contributed by atoms with van der Waals surface area (Å²) in [5, 5.41) is 11.4. The molecule has 0 unspecified atom stereocenters. The van der Waals surface area contributed by atoms with Gasteiger partial charge in [0.1, 0.15) is 13.3 Å². The van der Waals surface area contributed by atoms with Crippen LogP contribution in [0.15, 0.2) is 24.7 Å². The number of halogens is 3. The van der Waals surface area contributed by atoms with Gasteiger partial charge in [0.05, 0.1) is 11.7 Å². The van der Waals surface area contributed by atoms with Gasteiger partial charge in [-0.15, -0.1) is 0 Å². The molecule has 0 aliphatic carbocycles. The van der Waals surface area contributed by atoms with Crippen LogP contribution in [0.2, 0.25) is 0 Å². The van der Waals surface area contributed by atoms with Gasteiger partial charge in [-0.2, -0.15) is 13.2 Å². The van der Waals surface area contributed by atoms with Crippen LogP contribution in [0.3, 0.4) is 0 Å². The summed E-state index contributed by atoms with van der Waals surface area (Å²) in [6.07, 6.45) is 1.40. The van der Waals surface area contributed by atoms with Gasteiger partial charge in [0.25, 0.3) is 0 Å². The number of hydrogen-bond donors (Lipinski definition) is 2. The topological polar surface area (TPSA) is 87.7 Å². The lowest BCUT2D eigenvalue weighted by Crippen LogP contribution is -2.42. The molecule has 0 radical (unpaired) electrons. The van der Waals surface area contributed by atoms with Crippen molar-refractivity contribution in [2.45, 2.75) is 32.2 Å². The molecule has 0 spiro atoms. The number of aliphatic hydroxyl groups is 1. The average Bonchev–Trinajstić information content (AvgIpc) is 3.39. The third-order valence-corrected chi connectivity index (χ3v) is 5.50. The molecule has 0 aromatic carbocycles. The fourth-order valence-corrected chi connectivity index (χ4v) is 4.07. The van der Waals surface area contributed by atoms with Gasteiger partial charge in [0.15, 0.2) is 11.3 Å². The largest absolute Gasteiger partial charge is 0.405 e. The van der Waals surface area contributed by atoms with Gasteiger partial charge in [-0.25, -0.2) is 14.8 Å². The molecule has 2 amide bonds. The van der Waals surface area contributed by atoms with Crippen molar-refractivity contribution < 1.29 is 23.1 Å². The summed E-state index contributed by atoms with van der Waals surface area (Å²) in [5.41, 5.74) is 2.89. The van der Waals surface area contributed by atoms with E-state index in [0.29, 0.717) is 24.4 Å². The summed E-state index contributed by atoms with van der Waals surface area (Å²) in [6.45, 7) is 1.13. The summed E-state index contributed by atoms with van der Waals surface area (Å²) in [5.74, 6) is 0.0180. The molecule has 2 N–H and O–H groups in total. The van der Waals surface area contributed by atoms with E-state index in [1.54, 1.807) is 23.2 Å². The van der Waals surface area contributed by atoms with Crippen molar-refractivity contribution >= 4 is 22.8 Å². The number of carbonyl (C=O) groups excluding carboxylic acids is 1. The van der Waals surface area contributed by atoms with Crippen LogP contribution in [0.1, 0.15) is 25.0 Å². The van der Waals surface area contributed by atoms with Crippen LogP contribution in [0.25, 0.3) is 16.8 Å². The molecule has 0 saturated carbocycles. The Balaban J connectivity index is 1.66. The van der Waals surface area contributed by atoms with Gasteiger partial charge in [0, 0.05) is 37.1 Å². The molecule has 4 rings (SSSR count). The maximum absolute atomic E-state index is 12.4. The van der Waals surface area contributed by atoms with E-state index in [0.717, 1.165) is 17.6 Å². The minimum absolute atomic E-state index is 0.0743. The second-order valence-corrected chi connectivity index (χ2v) is 7.22. The predicted octanol–water partition coefficient (Wildman–Crippen LogP) is 2.33. The Bertz CT molecular complexity index is 1040. The SMILES string of the molecule is CC[C@H]1CN(C(=O)NCC(F)(F)F)C[C@H]1c1cnc2cnc3c(ccn3CO)n12. The van der Waals surface area contributed by atoms with Crippen LogP contribution in [-0.2, 0) is 6.73 Å². The molecule has 1 fully saturated rings. The third kappa shape index (κ3) is 3.50. The van der Waals surface area contributed by atoms with Crippen LogP contribution in [0.4, 0.5) is 18.0 Å². The van der Waals surface area contributed by atoms with Crippen molar-refractivity contribution in [3.63, 3.8) is 0 Å². The summed E-state index contributed by atoms with van der Waals surface area (Å²) in [6, 6.07) is 1.12. The standard InChI is InChI=1S/C18H21F3N6O2/c1-2-11-7-26(17(29)24-9-18(19,20)21)8-12(11)14-5-22-15-6-23-16-13(27(14)15)3-4-25(16)10-28/h3-6,11-12,28H,2,7-10H2,1H3,(H,24,29)/t11-,12+/m0/s1. The Morgan fingerprint density at radius 3 is 2.79 bits per heavy atom. The highest BCUT2D eigenvalue weighted by Crippen LogP contribution is 2.36. The number of fused-ring (bicyclic) bond motifs is 3. The molecule has 156 valence electrons. The number of nitrogens with zero attached hydrogens (tertiary/aromatic N) is 5. The summed E-state index contributed by atoms with van der Waals surface area (Å²) in [7, 11) is 0. The summed E-state index contributed by atoms with van der Waals surface area (Å²) in [4.78, 5) is 22.4. The lowest BCUT2D eigenvalue weighted by Gasteiger charge is -2.18. The summed E-state index contributed by atoms with van der Waals surface area (Å²) < 4.78 is 40.8. The van der Waals surface area contributed by atoms with E-state index in [2.05, 4.69) is 9.97 Å². The Kier molecular flexibility index (Phi) is 4.85. The van der Waals surface area contributed by atoms with Gasteiger partial charge < -0.3 is 19.9 Å². The first-order valence-corrected chi connectivity index (χ1v) is 9.34. The van der Waals surface area contributed by atoms with E-state index in [-0.39, 0.29) is 18.6 Å². The molecule has 29 heavy (non-hydrogen) atoms. The zero-order valence-electron chi connectivity index (χ0n) is 15.7. The number of nitrogens with one attached hydrogen (secondary N) is 1. The van der Waals surface area contributed by atoms with E-state index in [1.807, 2.05) is 22.7 Å². The van der Waals surface area contributed by atoms with Crippen molar-refractivity contribution in [3.05, 3.63) is 30.4 Å². The predicted molar refractivity (Wildman–Crippen MR) is 98.3 cm³/mol. The summed E-state index contributed by atoms with van der Waals surface area (Å²) >= 11 is 0. The van der Waals surface area contributed by atoms with E-state index in [1.165, 1.54) is 4.90 Å². The lowest BCUT2D eigenvalue weighted by atomic mass is 9.91. The normalized spacial score (nSPS) is 20.1. The number of aromatic nitrogens is 4. The molecule has 2 atom stereocenters. The van der Waals surface area contributed by atoms with Crippen LogP contribution >= 0.6 is 0 Å². The number of aliphatic hydroxyl groups excluding tert-OH is 1. The van der Waals surface area contributed by atoms with Crippen molar-refractivity contribution in [1.82, 2.24) is 29.2 Å². The highest BCUT2D eigenvalue weighted by Gasteiger charge is 2.38. The average molecular weight is 410 g/mol. The van der Waals surface area contributed by atoms with Crippen molar-refractivity contribution in [2.24, 2.45) is 5.92 Å². The molecule has 8 nitrogen and oxygen atoms in total. The van der Waals surface area contributed by atoms with Crippen molar-refractivity contribution in [3.8, 4) is 0 Å². The molecule has 0 bridgehead atoms. The Morgan fingerprint density at radius 1 is 1.31 bits per heavy atom. The number of carbonyl (C=O) groups is 1. The van der Waals surface area contributed by atoms with E-state index >= 15 is 0 Å². The maximum atomic E-state index is 12.4. The zero-order chi connectivity index (χ0) is 20.8. The molecule has 11 heteroatoms. The molecule has 1 saturated heterocycles. The van der Waals surface area contributed by atoms with Crippen LogP contribution in [-0.4, -0.2) is 60.8 Å². The molecule has 4 heterocycles. The van der Waals surface area contributed by atoms with Crippen LogP contribution < -0.4 is 5.32 Å². The van der Waals surface area contributed by atoms with Crippen LogP contribution in [0, 0.1) is 5.92 Å². The fraction of sp³-hybridized carbons (Fsp3) is 0.500. The quantitative estimate of drug-likeness (QED) is 0.691. The molecular weight excluding hydrogens is 389 g/mol. The monoisotopic (exact) mass is 410 g/mol. The number of amides is 2. The van der Waals surface area contributed by atoms with Crippen molar-refractivity contribution in [2.75, 3.05) is 19.6 Å². The molecule has 3 aromatic heterocycles. The first-order chi connectivity index (χ1) is 13.8. The highest BCUT2D eigenvalue weighted by atomic mass is 19.4.